The molecule has 32 heavy (non-hydrogen) atoms. The molecule has 0 saturated carbocycles. The van der Waals surface area contributed by atoms with Crippen molar-refractivity contribution >= 4 is 11.8 Å². The van der Waals surface area contributed by atoms with Crippen molar-refractivity contribution < 1.29 is 9.59 Å². The van der Waals surface area contributed by atoms with E-state index < -0.39 is 0 Å². The van der Waals surface area contributed by atoms with Gasteiger partial charge in [-0.05, 0) is 25.5 Å². The second-order valence-electron chi connectivity index (χ2n) is 7.91. The minimum Gasteiger partial charge on any atom is -0.355 e. The van der Waals surface area contributed by atoms with Gasteiger partial charge < -0.3 is 10.2 Å². The first-order valence-corrected chi connectivity index (χ1v) is 11.1. The second kappa shape index (κ2) is 10.2. The molecule has 7 nitrogen and oxygen atoms in total. The number of hydrogen-bond acceptors (Lipinski definition) is 4. The fourth-order valence-corrected chi connectivity index (χ4v) is 4.01. The molecule has 1 fully saturated rings. The molecule has 1 N–H and O–H groups in total. The first-order valence-electron chi connectivity index (χ1n) is 11.1. The maximum Gasteiger partial charge on any atom is 0.257 e. The van der Waals surface area contributed by atoms with E-state index in [1.165, 1.54) is 0 Å². The summed E-state index contributed by atoms with van der Waals surface area (Å²) in [6.07, 6.45) is 2.66. The highest BCUT2D eigenvalue weighted by Crippen LogP contribution is 2.25. The van der Waals surface area contributed by atoms with Crippen LogP contribution in [0.25, 0.3) is 16.9 Å². The lowest BCUT2D eigenvalue weighted by Gasteiger charge is -2.21. The van der Waals surface area contributed by atoms with Crippen molar-refractivity contribution in [1.82, 2.24) is 24.9 Å². The van der Waals surface area contributed by atoms with Gasteiger partial charge in [-0.3, -0.25) is 14.5 Å². The van der Waals surface area contributed by atoms with Crippen molar-refractivity contribution in [2.24, 2.45) is 0 Å². The molecule has 0 atom stereocenters. The second-order valence-corrected chi connectivity index (χ2v) is 7.91. The Balaban J connectivity index is 1.57. The van der Waals surface area contributed by atoms with Crippen LogP contribution in [-0.2, 0) is 4.79 Å². The molecule has 0 aliphatic carbocycles. The number of aromatic nitrogens is 2. The van der Waals surface area contributed by atoms with Crippen molar-refractivity contribution in [1.29, 1.82) is 0 Å². The Hall–Kier alpha value is -3.45. The minimum absolute atomic E-state index is 0.0223. The van der Waals surface area contributed by atoms with Crippen LogP contribution in [0.5, 0.6) is 0 Å². The molecule has 1 saturated heterocycles. The van der Waals surface area contributed by atoms with Gasteiger partial charge in [0, 0.05) is 44.5 Å². The average Bonchev–Trinajstić information content (AvgIpc) is 3.14. The van der Waals surface area contributed by atoms with Crippen LogP contribution < -0.4 is 5.32 Å². The molecule has 3 aromatic rings. The van der Waals surface area contributed by atoms with E-state index in [0.717, 1.165) is 24.2 Å². The summed E-state index contributed by atoms with van der Waals surface area (Å²) in [6.45, 7) is 5.65. The Morgan fingerprint density at radius 3 is 2.38 bits per heavy atom. The molecule has 1 aliphatic rings. The van der Waals surface area contributed by atoms with Gasteiger partial charge in [0.15, 0.2) is 0 Å². The van der Waals surface area contributed by atoms with E-state index in [-0.39, 0.29) is 11.8 Å². The number of para-hydroxylation sites is 1. The molecular formula is C25H29N5O2. The zero-order valence-electron chi connectivity index (χ0n) is 18.4. The van der Waals surface area contributed by atoms with Crippen molar-refractivity contribution in [2.75, 3.05) is 39.3 Å². The predicted octanol–water partition coefficient (Wildman–Crippen LogP) is 2.82. The summed E-state index contributed by atoms with van der Waals surface area (Å²) in [7, 11) is 0. The molecule has 166 valence electrons. The Labute approximate surface area is 188 Å². The van der Waals surface area contributed by atoms with Gasteiger partial charge in [0.2, 0.25) is 5.91 Å². The number of hydrogen-bond donors (Lipinski definition) is 1. The van der Waals surface area contributed by atoms with Crippen LogP contribution in [0.4, 0.5) is 0 Å². The standard InChI is InChI=1S/C25H29N5O2/c1-2-26-23(31)19-28-14-9-15-29(17-16-28)25(32)22-18-30(21-12-7-4-8-13-21)27-24(22)20-10-5-3-6-11-20/h3-8,10-13,18H,2,9,14-17,19H2,1H3,(H,26,31). The fraction of sp³-hybridized carbons (Fsp3) is 0.320. The molecular weight excluding hydrogens is 402 g/mol. The molecule has 0 unspecified atom stereocenters. The van der Waals surface area contributed by atoms with Gasteiger partial charge in [0.25, 0.3) is 5.91 Å². The first kappa shape index (κ1) is 21.8. The minimum atomic E-state index is -0.0223. The quantitative estimate of drug-likeness (QED) is 0.652. The third-order valence-corrected chi connectivity index (χ3v) is 5.63. The van der Waals surface area contributed by atoms with E-state index in [2.05, 4.69) is 10.2 Å². The summed E-state index contributed by atoms with van der Waals surface area (Å²) in [4.78, 5) is 29.6. The number of carbonyl (C=O) groups is 2. The van der Waals surface area contributed by atoms with Gasteiger partial charge >= 0.3 is 0 Å². The molecule has 2 aromatic carbocycles. The Bertz CT molecular complexity index is 1050. The van der Waals surface area contributed by atoms with Crippen LogP contribution in [0.15, 0.2) is 66.9 Å². The van der Waals surface area contributed by atoms with Gasteiger partial charge in [-0.25, -0.2) is 4.68 Å². The van der Waals surface area contributed by atoms with Crippen LogP contribution in [0.3, 0.4) is 0 Å². The molecule has 2 amide bonds. The van der Waals surface area contributed by atoms with Gasteiger partial charge in [0.1, 0.15) is 5.69 Å². The van der Waals surface area contributed by atoms with Crippen LogP contribution in [0.2, 0.25) is 0 Å². The zero-order chi connectivity index (χ0) is 22.3. The lowest BCUT2D eigenvalue weighted by Crippen LogP contribution is -2.40. The highest BCUT2D eigenvalue weighted by molar-refractivity contribution is 6.00. The Morgan fingerprint density at radius 1 is 0.938 bits per heavy atom. The summed E-state index contributed by atoms with van der Waals surface area (Å²) in [6, 6.07) is 19.6. The largest absolute Gasteiger partial charge is 0.355 e. The molecule has 4 rings (SSSR count). The van der Waals surface area contributed by atoms with Gasteiger partial charge in [-0.1, -0.05) is 48.5 Å². The summed E-state index contributed by atoms with van der Waals surface area (Å²) < 4.78 is 1.77. The summed E-state index contributed by atoms with van der Waals surface area (Å²) in [5.41, 5.74) is 3.10. The van der Waals surface area contributed by atoms with Crippen LogP contribution in [0, 0.1) is 0 Å². The van der Waals surface area contributed by atoms with Gasteiger partial charge in [-0.2, -0.15) is 5.10 Å². The van der Waals surface area contributed by atoms with E-state index in [1.54, 1.807) is 4.68 Å². The normalized spacial score (nSPS) is 14.7. The maximum atomic E-state index is 13.6. The summed E-state index contributed by atoms with van der Waals surface area (Å²) in [5, 5.41) is 7.62. The van der Waals surface area contributed by atoms with Crippen molar-refractivity contribution in [2.45, 2.75) is 13.3 Å². The van der Waals surface area contributed by atoms with Crippen molar-refractivity contribution in [3.05, 3.63) is 72.4 Å². The molecule has 0 spiro atoms. The highest BCUT2D eigenvalue weighted by Gasteiger charge is 2.26. The smallest absolute Gasteiger partial charge is 0.257 e. The SMILES string of the molecule is CCNC(=O)CN1CCCN(C(=O)c2cn(-c3ccccc3)nc2-c2ccccc2)CC1. The average molecular weight is 432 g/mol. The number of rotatable bonds is 6. The molecule has 1 aromatic heterocycles. The van der Waals surface area contributed by atoms with Gasteiger partial charge in [-0.15, -0.1) is 0 Å². The monoisotopic (exact) mass is 431 g/mol. The van der Waals surface area contributed by atoms with Crippen LogP contribution >= 0.6 is 0 Å². The van der Waals surface area contributed by atoms with Crippen molar-refractivity contribution in [3.8, 4) is 16.9 Å². The summed E-state index contributed by atoms with van der Waals surface area (Å²) >= 11 is 0. The van der Waals surface area contributed by atoms with E-state index in [1.807, 2.05) is 78.7 Å². The molecule has 2 heterocycles. The summed E-state index contributed by atoms with van der Waals surface area (Å²) in [5.74, 6) is 0.00803. The van der Waals surface area contributed by atoms with E-state index in [0.29, 0.717) is 44.0 Å². The number of carbonyl (C=O) groups excluding carboxylic acids is 2. The number of likely N-dealkylation sites (N-methyl/N-ethyl adjacent to an activating group) is 1. The zero-order valence-corrected chi connectivity index (χ0v) is 18.4. The van der Waals surface area contributed by atoms with Crippen molar-refractivity contribution in [3.63, 3.8) is 0 Å². The predicted molar refractivity (Wildman–Crippen MR) is 125 cm³/mol. The molecule has 7 heteroatoms. The molecule has 1 aliphatic heterocycles. The molecule has 0 bridgehead atoms. The van der Waals surface area contributed by atoms with Crippen LogP contribution in [-0.4, -0.2) is 70.7 Å². The number of nitrogens with one attached hydrogen (secondary N) is 1. The number of nitrogens with zero attached hydrogens (tertiary/aromatic N) is 4. The van der Waals surface area contributed by atoms with E-state index in [9.17, 15) is 9.59 Å². The Morgan fingerprint density at radius 2 is 1.66 bits per heavy atom. The maximum absolute atomic E-state index is 13.6. The lowest BCUT2D eigenvalue weighted by atomic mass is 10.1. The van der Waals surface area contributed by atoms with Gasteiger partial charge in [0.05, 0.1) is 17.8 Å². The highest BCUT2D eigenvalue weighted by atomic mass is 16.2. The Kier molecular flexibility index (Phi) is 6.97. The number of benzene rings is 2. The topological polar surface area (TPSA) is 70.5 Å². The molecule has 0 radical (unpaired) electrons. The van der Waals surface area contributed by atoms with Crippen LogP contribution in [0.1, 0.15) is 23.7 Å². The van der Waals surface area contributed by atoms with E-state index >= 15 is 0 Å². The lowest BCUT2D eigenvalue weighted by molar-refractivity contribution is -0.122. The first-order chi connectivity index (χ1) is 15.7. The van der Waals surface area contributed by atoms with E-state index in [4.69, 9.17) is 5.10 Å². The third-order valence-electron chi connectivity index (χ3n) is 5.63. The fourth-order valence-electron chi connectivity index (χ4n) is 4.01. The third kappa shape index (κ3) is 5.06. The number of amides is 2.